The molecule has 0 saturated carbocycles. The highest BCUT2D eigenvalue weighted by molar-refractivity contribution is 9.10. The molecule has 0 aliphatic heterocycles. The van der Waals surface area contributed by atoms with Crippen molar-refractivity contribution in [2.24, 2.45) is 0 Å². The van der Waals surface area contributed by atoms with E-state index in [1.165, 1.54) is 0 Å². The first-order valence-corrected chi connectivity index (χ1v) is 4.44. The third kappa shape index (κ3) is 3.05. The molecule has 0 spiro atoms. The largest absolute Gasteiger partial charge is 0.448 e. The Balaban J connectivity index is 2.95. The molecule has 15 heavy (non-hydrogen) atoms. The molecule has 0 bridgehead atoms. The van der Waals surface area contributed by atoms with Crippen LogP contribution in [0.3, 0.4) is 0 Å². The van der Waals surface area contributed by atoms with Gasteiger partial charge in [0, 0.05) is 4.47 Å². The van der Waals surface area contributed by atoms with Crippen LogP contribution >= 0.6 is 15.9 Å². The number of alkyl halides is 3. The van der Waals surface area contributed by atoms with E-state index in [1.54, 1.807) is 0 Å². The summed E-state index contributed by atoms with van der Waals surface area (Å²) in [5, 5.41) is 0. The Morgan fingerprint density at radius 2 is 1.53 bits per heavy atom. The SMILES string of the molecule is Fc1cc(Br)cc(F)c1OC(F)C(F)F. The summed E-state index contributed by atoms with van der Waals surface area (Å²) in [7, 11) is 0. The molecule has 0 saturated heterocycles. The minimum atomic E-state index is -3.47. The van der Waals surface area contributed by atoms with Gasteiger partial charge in [0.15, 0.2) is 17.4 Å². The molecule has 0 aliphatic rings. The molecule has 0 fully saturated rings. The van der Waals surface area contributed by atoms with Crippen LogP contribution in [0.2, 0.25) is 0 Å². The maximum absolute atomic E-state index is 12.9. The van der Waals surface area contributed by atoms with Gasteiger partial charge in [-0.05, 0) is 12.1 Å². The summed E-state index contributed by atoms with van der Waals surface area (Å²) in [5.74, 6) is -3.68. The van der Waals surface area contributed by atoms with Crippen LogP contribution < -0.4 is 4.74 Å². The minimum absolute atomic E-state index is 0.0531. The lowest BCUT2D eigenvalue weighted by molar-refractivity contribution is -0.0701. The summed E-state index contributed by atoms with van der Waals surface area (Å²) in [6.45, 7) is 0. The van der Waals surface area contributed by atoms with Crippen molar-refractivity contribution in [2.75, 3.05) is 0 Å². The molecule has 0 aromatic heterocycles. The van der Waals surface area contributed by atoms with Gasteiger partial charge in [-0.3, -0.25) is 0 Å². The fraction of sp³-hybridized carbons (Fsp3) is 0.250. The molecule has 0 aliphatic carbocycles. The van der Waals surface area contributed by atoms with Gasteiger partial charge in [-0.1, -0.05) is 15.9 Å². The van der Waals surface area contributed by atoms with Crippen LogP contribution in [0.25, 0.3) is 0 Å². The average molecular weight is 291 g/mol. The van der Waals surface area contributed by atoms with E-state index in [1.807, 2.05) is 0 Å². The first-order valence-electron chi connectivity index (χ1n) is 3.65. The highest BCUT2D eigenvalue weighted by Crippen LogP contribution is 2.27. The van der Waals surface area contributed by atoms with E-state index in [-0.39, 0.29) is 4.47 Å². The van der Waals surface area contributed by atoms with E-state index in [0.29, 0.717) is 0 Å². The topological polar surface area (TPSA) is 9.23 Å². The molecule has 7 heteroatoms. The molecule has 1 rings (SSSR count). The van der Waals surface area contributed by atoms with E-state index in [2.05, 4.69) is 20.7 Å². The van der Waals surface area contributed by atoms with Gasteiger partial charge in [0.25, 0.3) is 6.36 Å². The lowest BCUT2D eigenvalue weighted by Gasteiger charge is -2.11. The number of benzene rings is 1. The Morgan fingerprint density at radius 1 is 1.07 bits per heavy atom. The predicted octanol–water partition coefficient (Wildman–Crippen LogP) is 3.67. The van der Waals surface area contributed by atoms with Gasteiger partial charge in [-0.25, -0.2) is 17.6 Å². The Bertz CT molecular complexity index is 334. The lowest BCUT2D eigenvalue weighted by atomic mass is 10.3. The van der Waals surface area contributed by atoms with Crippen molar-refractivity contribution >= 4 is 15.9 Å². The number of rotatable bonds is 3. The van der Waals surface area contributed by atoms with Crippen LogP contribution in [0.5, 0.6) is 5.75 Å². The van der Waals surface area contributed by atoms with E-state index < -0.39 is 30.2 Å². The first-order chi connectivity index (χ1) is 6.91. The molecule has 0 N–H and O–H groups in total. The molecule has 1 aromatic rings. The van der Waals surface area contributed by atoms with Crippen molar-refractivity contribution in [3.05, 3.63) is 28.2 Å². The van der Waals surface area contributed by atoms with E-state index >= 15 is 0 Å². The minimum Gasteiger partial charge on any atom is -0.448 e. The lowest BCUT2D eigenvalue weighted by Crippen LogP contribution is -2.20. The Labute approximate surface area is 90.0 Å². The second kappa shape index (κ2) is 4.78. The Morgan fingerprint density at radius 3 is 1.93 bits per heavy atom. The monoisotopic (exact) mass is 290 g/mol. The normalized spacial score (nSPS) is 13.0. The summed E-state index contributed by atoms with van der Waals surface area (Å²) in [6, 6.07) is 1.55. The molecular formula is C8H4BrF5O. The summed E-state index contributed by atoms with van der Waals surface area (Å²) in [5.41, 5.74) is 0. The Kier molecular flexibility index (Phi) is 3.90. The molecule has 1 atom stereocenters. The third-order valence-corrected chi connectivity index (χ3v) is 1.85. The second-order valence-corrected chi connectivity index (χ2v) is 3.42. The van der Waals surface area contributed by atoms with Gasteiger partial charge >= 0.3 is 6.43 Å². The molecule has 0 radical (unpaired) electrons. The highest BCUT2D eigenvalue weighted by Gasteiger charge is 2.24. The second-order valence-electron chi connectivity index (χ2n) is 2.50. The number of hydrogen-bond acceptors (Lipinski definition) is 1. The standard InChI is InChI=1S/C8H4BrF5O/c9-3-1-4(10)6(5(11)2-3)15-8(14)7(12)13/h1-2,7-8H. The van der Waals surface area contributed by atoms with Crippen LogP contribution in [-0.2, 0) is 0 Å². The van der Waals surface area contributed by atoms with E-state index in [0.717, 1.165) is 12.1 Å². The zero-order valence-corrected chi connectivity index (χ0v) is 8.57. The van der Waals surface area contributed by atoms with Crippen LogP contribution in [-0.4, -0.2) is 12.8 Å². The van der Waals surface area contributed by atoms with Gasteiger partial charge < -0.3 is 4.74 Å². The number of halogens is 6. The summed E-state index contributed by atoms with van der Waals surface area (Å²) >= 11 is 2.76. The highest BCUT2D eigenvalue weighted by atomic mass is 79.9. The van der Waals surface area contributed by atoms with Gasteiger partial charge in [-0.2, -0.15) is 4.39 Å². The van der Waals surface area contributed by atoms with Gasteiger partial charge in [-0.15, -0.1) is 0 Å². The number of ether oxygens (including phenoxy) is 1. The van der Waals surface area contributed by atoms with Gasteiger partial charge in [0.05, 0.1) is 0 Å². The van der Waals surface area contributed by atoms with Crippen LogP contribution in [0.4, 0.5) is 22.0 Å². The molecule has 0 amide bonds. The zero-order chi connectivity index (χ0) is 11.6. The molecule has 0 heterocycles. The zero-order valence-electron chi connectivity index (χ0n) is 6.99. The van der Waals surface area contributed by atoms with Crippen molar-refractivity contribution < 1.29 is 26.7 Å². The van der Waals surface area contributed by atoms with Crippen molar-refractivity contribution in [1.29, 1.82) is 0 Å². The van der Waals surface area contributed by atoms with Crippen molar-refractivity contribution in [2.45, 2.75) is 12.8 Å². The smallest absolute Gasteiger partial charge is 0.304 e. The third-order valence-electron chi connectivity index (χ3n) is 1.39. The summed E-state index contributed by atoms with van der Waals surface area (Å²) in [4.78, 5) is 0. The van der Waals surface area contributed by atoms with Crippen molar-refractivity contribution in [1.82, 2.24) is 0 Å². The molecular weight excluding hydrogens is 287 g/mol. The van der Waals surface area contributed by atoms with E-state index in [9.17, 15) is 22.0 Å². The maximum atomic E-state index is 12.9. The summed E-state index contributed by atoms with van der Waals surface area (Å²) in [6.07, 6.45) is -6.53. The van der Waals surface area contributed by atoms with Gasteiger partial charge in [0.1, 0.15) is 0 Å². The fourth-order valence-corrected chi connectivity index (χ4v) is 1.21. The Hall–Kier alpha value is -0.850. The molecule has 84 valence electrons. The predicted molar refractivity (Wildman–Crippen MR) is 45.6 cm³/mol. The van der Waals surface area contributed by atoms with Crippen LogP contribution in [0, 0.1) is 11.6 Å². The maximum Gasteiger partial charge on any atom is 0.304 e. The van der Waals surface area contributed by atoms with Gasteiger partial charge in [0.2, 0.25) is 0 Å². The fourth-order valence-electron chi connectivity index (χ4n) is 0.806. The quantitative estimate of drug-likeness (QED) is 0.772. The first kappa shape index (κ1) is 12.2. The molecule has 1 unspecified atom stereocenters. The summed E-state index contributed by atoms with van der Waals surface area (Å²) < 4.78 is 65.5. The van der Waals surface area contributed by atoms with Crippen molar-refractivity contribution in [3.8, 4) is 5.75 Å². The van der Waals surface area contributed by atoms with Crippen LogP contribution in [0.1, 0.15) is 0 Å². The van der Waals surface area contributed by atoms with E-state index in [4.69, 9.17) is 0 Å². The number of hydrogen-bond donors (Lipinski definition) is 0. The average Bonchev–Trinajstić information content (AvgIpc) is 2.10. The molecule has 1 aromatic carbocycles. The van der Waals surface area contributed by atoms with Crippen LogP contribution in [0.15, 0.2) is 16.6 Å². The molecule has 1 nitrogen and oxygen atoms in total. The van der Waals surface area contributed by atoms with Crippen molar-refractivity contribution in [3.63, 3.8) is 0 Å².